The summed E-state index contributed by atoms with van der Waals surface area (Å²) in [4.78, 5) is 0.314. The normalized spacial score (nSPS) is 22.6. The molecule has 3 N–H and O–H groups in total. The van der Waals surface area contributed by atoms with Crippen molar-refractivity contribution < 1.29 is 13.2 Å². The van der Waals surface area contributed by atoms with E-state index in [1.807, 2.05) is 0 Å². The number of hydrogen-bond acceptors (Lipinski definition) is 4. The zero-order valence-electron chi connectivity index (χ0n) is 9.93. The van der Waals surface area contributed by atoms with Crippen LogP contribution in [0.15, 0.2) is 23.1 Å². The molecule has 0 spiro atoms. The minimum atomic E-state index is -3.38. The molecule has 1 aliphatic heterocycles. The van der Waals surface area contributed by atoms with Crippen LogP contribution >= 0.6 is 0 Å². The van der Waals surface area contributed by atoms with Gasteiger partial charge < -0.3 is 10.5 Å². The molecule has 1 aliphatic carbocycles. The van der Waals surface area contributed by atoms with Gasteiger partial charge in [0.25, 0.3) is 0 Å². The minimum Gasteiger partial charge on any atom is -0.488 e. The van der Waals surface area contributed by atoms with Crippen molar-refractivity contribution in [3.63, 3.8) is 0 Å². The van der Waals surface area contributed by atoms with E-state index in [1.165, 1.54) is 0 Å². The fourth-order valence-electron chi connectivity index (χ4n) is 2.08. The van der Waals surface area contributed by atoms with E-state index in [0.717, 1.165) is 24.2 Å². The first-order valence-corrected chi connectivity index (χ1v) is 7.59. The van der Waals surface area contributed by atoms with E-state index in [4.69, 9.17) is 10.5 Å². The molecule has 0 bridgehead atoms. The van der Waals surface area contributed by atoms with Crippen LogP contribution in [0.2, 0.25) is 0 Å². The Kier molecular flexibility index (Phi) is 2.80. The maximum atomic E-state index is 12.1. The second-order valence-corrected chi connectivity index (χ2v) is 6.56. The quantitative estimate of drug-likeness (QED) is 0.827. The van der Waals surface area contributed by atoms with E-state index in [9.17, 15) is 8.42 Å². The second kappa shape index (κ2) is 4.22. The largest absolute Gasteiger partial charge is 0.488 e. The predicted molar refractivity (Wildman–Crippen MR) is 67.0 cm³/mol. The molecule has 98 valence electrons. The van der Waals surface area contributed by atoms with E-state index in [-0.39, 0.29) is 12.1 Å². The first-order chi connectivity index (χ1) is 8.58. The van der Waals surface area contributed by atoms with Gasteiger partial charge in [-0.3, -0.25) is 0 Å². The monoisotopic (exact) mass is 268 g/mol. The maximum absolute atomic E-state index is 12.1. The molecular weight excluding hydrogens is 252 g/mol. The molecule has 1 aromatic rings. The number of rotatable bonds is 4. The number of hydrogen-bond donors (Lipinski definition) is 2. The lowest BCUT2D eigenvalue weighted by atomic mass is 10.1. The molecule has 6 heteroatoms. The Morgan fingerprint density at radius 2 is 2.17 bits per heavy atom. The van der Waals surface area contributed by atoms with Crippen molar-refractivity contribution in [3.05, 3.63) is 23.8 Å². The van der Waals surface area contributed by atoms with Crippen LogP contribution in [0.3, 0.4) is 0 Å². The van der Waals surface area contributed by atoms with Crippen LogP contribution in [0, 0.1) is 0 Å². The van der Waals surface area contributed by atoms with Gasteiger partial charge in [0, 0.05) is 19.0 Å². The zero-order valence-corrected chi connectivity index (χ0v) is 10.7. The molecule has 3 rings (SSSR count). The Morgan fingerprint density at radius 1 is 1.39 bits per heavy atom. The summed E-state index contributed by atoms with van der Waals surface area (Å²) in [6.07, 6.45) is 2.51. The topological polar surface area (TPSA) is 81.4 Å². The van der Waals surface area contributed by atoms with Crippen LogP contribution in [-0.2, 0) is 16.4 Å². The fourth-order valence-corrected chi connectivity index (χ4v) is 3.44. The molecule has 0 radical (unpaired) electrons. The van der Waals surface area contributed by atoms with Crippen molar-refractivity contribution in [2.45, 2.75) is 36.3 Å². The molecule has 1 atom stereocenters. The summed E-state index contributed by atoms with van der Waals surface area (Å²) in [5, 5.41) is 0. The first kappa shape index (κ1) is 12.0. The van der Waals surface area contributed by atoms with Gasteiger partial charge in [-0.1, -0.05) is 0 Å². The van der Waals surface area contributed by atoms with E-state index in [2.05, 4.69) is 4.72 Å². The number of nitrogens with two attached hydrogens (primary N) is 1. The SMILES string of the molecule is NCC1Cc2cc(S(=O)(=O)NC3CC3)ccc2O1. The smallest absolute Gasteiger partial charge is 0.240 e. The summed E-state index contributed by atoms with van der Waals surface area (Å²) in [6.45, 7) is 0.442. The summed E-state index contributed by atoms with van der Waals surface area (Å²) in [5.74, 6) is 0.746. The van der Waals surface area contributed by atoms with E-state index >= 15 is 0 Å². The van der Waals surface area contributed by atoms with Gasteiger partial charge in [0.05, 0.1) is 4.90 Å². The number of nitrogens with one attached hydrogen (secondary N) is 1. The van der Waals surface area contributed by atoms with E-state index < -0.39 is 10.0 Å². The highest BCUT2D eigenvalue weighted by atomic mass is 32.2. The Labute approximate surface area is 106 Å². The van der Waals surface area contributed by atoms with Crippen LogP contribution in [0.25, 0.3) is 0 Å². The highest BCUT2D eigenvalue weighted by molar-refractivity contribution is 7.89. The first-order valence-electron chi connectivity index (χ1n) is 6.10. The van der Waals surface area contributed by atoms with Crippen molar-refractivity contribution in [1.82, 2.24) is 4.72 Å². The summed E-state index contributed by atoms with van der Waals surface area (Å²) in [7, 11) is -3.38. The summed E-state index contributed by atoms with van der Waals surface area (Å²) in [6, 6.07) is 5.11. The Bertz CT molecular complexity index is 567. The second-order valence-electron chi connectivity index (χ2n) is 4.84. The zero-order chi connectivity index (χ0) is 12.8. The average Bonchev–Trinajstić information content (AvgIpc) is 3.04. The average molecular weight is 268 g/mol. The minimum absolute atomic E-state index is 0.0330. The Morgan fingerprint density at radius 3 is 2.83 bits per heavy atom. The van der Waals surface area contributed by atoms with Gasteiger partial charge in [0.2, 0.25) is 10.0 Å². The summed E-state index contributed by atoms with van der Waals surface area (Å²) >= 11 is 0. The third-order valence-electron chi connectivity index (χ3n) is 3.25. The Hall–Kier alpha value is -1.11. The van der Waals surface area contributed by atoms with Crippen molar-refractivity contribution >= 4 is 10.0 Å². The number of fused-ring (bicyclic) bond motifs is 1. The van der Waals surface area contributed by atoms with Gasteiger partial charge in [-0.15, -0.1) is 0 Å². The van der Waals surface area contributed by atoms with Gasteiger partial charge in [-0.25, -0.2) is 13.1 Å². The predicted octanol–water partition coefficient (Wildman–Crippen LogP) is 0.390. The highest BCUT2D eigenvalue weighted by Crippen LogP contribution is 2.31. The highest BCUT2D eigenvalue weighted by Gasteiger charge is 2.29. The molecule has 0 aromatic heterocycles. The van der Waals surface area contributed by atoms with Crippen molar-refractivity contribution in [1.29, 1.82) is 0 Å². The Balaban J connectivity index is 1.87. The lowest BCUT2D eigenvalue weighted by Gasteiger charge is -2.07. The van der Waals surface area contributed by atoms with Crippen LogP contribution in [-0.4, -0.2) is 27.1 Å². The number of sulfonamides is 1. The van der Waals surface area contributed by atoms with Crippen LogP contribution in [0.1, 0.15) is 18.4 Å². The molecular formula is C12H16N2O3S. The van der Waals surface area contributed by atoms with Gasteiger partial charge in [-0.2, -0.15) is 0 Å². The standard InChI is InChI=1S/C12H16N2O3S/c13-7-10-5-8-6-11(3-4-12(8)17-10)18(15,16)14-9-1-2-9/h3-4,6,9-10,14H,1-2,5,7,13H2. The van der Waals surface area contributed by atoms with Gasteiger partial charge >= 0.3 is 0 Å². The molecule has 1 heterocycles. The fraction of sp³-hybridized carbons (Fsp3) is 0.500. The van der Waals surface area contributed by atoms with Crippen molar-refractivity contribution in [2.75, 3.05) is 6.54 Å². The maximum Gasteiger partial charge on any atom is 0.240 e. The molecule has 1 saturated carbocycles. The van der Waals surface area contributed by atoms with Gasteiger partial charge in [0.1, 0.15) is 11.9 Å². The van der Waals surface area contributed by atoms with Crippen molar-refractivity contribution in [2.24, 2.45) is 5.73 Å². The third kappa shape index (κ3) is 2.23. The molecule has 5 nitrogen and oxygen atoms in total. The summed E-state index contributed by atoms with van der Waals surface area (Å²) in [5.41, 5.74) is 6.48. The molecule has 18 heavy (non-hydrogen) atoms. The molecule has 0 amide bonds. The lowest BCUT2D eigenvalue weighted by molar-refractivity contribution is 0.241. The van der Waals surface area contributed by atoms with E-state index in [0.29, 0.717) is 17.9 Å². The molecule has 1 fully saturated rings. The third-order valence-corrected chi connectivity index (χ3v) is 4.76. The lowest BCUT2D eigenvalue weighted by Crippen LogP contribution is -2.25. The van der Waals surface area contributed by atoms with Crippen LogP contribution in [0.5, 0.6) is 5.75 Å². The number of ether oxygens (including phenoxy) is 1. The summed E-state index contributed by atoms with van der Waals surface area (Å²) < 4.78 is 32.4. The van der Waals surface area contributed by atoms with Crippen LogP contribution in [0.4, 0.5) is 0 Å². The molecule has 1 aromatic carbocycles. The van der Waals surface area contributed by atoms with Gasteiger partial charge in [-0.05, 0) is 36.6 Å². The van der Waals surface area contributed by atoms with Crippen molar-refractivity contribution in [3.8, 4) is 5.75 Å². The number of benzene rings is 1. The van der Waals surface area contributed by atoms with Crippen LogP contribution < -0.4 is 15.2 Å². The van der Waals surface area contributed by atoms with E-state index in [1.54, 1.807) is 18.2 Å². The molecule has 1 unspecified atom stereocenters. The molecule has 2 aliphatic rings. The molecule has 0 saturated heterocycles. The van der Waals surface area contributed by atoms with Gasteiger partial charge in [0.15, 0.2) is 0 Å².